The third-order valence-corrected chi connectivity index (χ3v) is 11.0. The molecule has 53 heavy (non-hydrogen) atoms. The van der Waals surface area contributed by atoms with Gasteiger partial charge in [-0.2, -0.15) is 0 Å². The highest BCUT2D eigenvalue weighted by atomic mass is 35.5. The van der Waals surface area contributed by atoms with Gasteiger partial charge in [0.2, 0.25) is 0 Å². The first-order chi connectivity index (χ1) is 25.0. The van der Waals surface area contributed by atoms with Crippen LogP contribution in [0.1, 0.15) is 201 Å². The third kappa shape index (κ3) is 39.3. The topological polar surface area (TPSA) is 97.4 Å². The standard InChI is InChI=1S/C42H85NO8P.ClH/c1-7-10-12-14-16-18-20-22-24-26-28-30-32-34-41(44)47-38-40(39-50-52(46,48-9-3)49-37-36-43(4,5)6)51-42(45)35-33-31-29-27-25-23-21-19-17-15-13-11-8-2;/h40H,7-39H2,1-6H3;1H/q+1;/p-1. The van der Waals surface area contributed by atoms with E-state index in [1.54, 1.807) is 6.92 Å². The molecular formula is C42H85ClNO8P. The van der Waals surface area contributed by atoms with Gasteiger partial charge in [0, 0.05) is 12.8 Å². The maximum atomic E-state index is 13.3. The number of unbranched alkanes of at least 4 members (excludes halogenated alkanes) is 24. The van der Waals surface area contributed by atoms with E-state index in [-0.39, 0.29) is 57.2 Å². The van der Waals surface area contributed by atoms with E-state index in [2.05, 4.69) is 13.8 Å². The number of carbonyl (C=O) groups excluding carboxylic acids is 2. The number of esters is 2. The van der Waals surface area contributed by atoms with Crippen molar-refractivity contribution >= 4 is 19.8 Å². The van der Waals surface area contributed by atoms with E-state index in [1.807, 2.05) is 21.1 Å². The second-order valence-corrected chi connectivity index (χ2v) is 17.5. The predicted octanol–water partition coefficient (Wildman–Crippen LogP) is 9.29. The number of quaternary nitrogens is 1. The molecule has 9 nitrogen and oxygen atoms in total. The van der Waals surface area contributed by atoms with Crippen LogP contribution < -0.4 is 12.4 Å². The molecule has 2 atom stereocenters. The highest BCUT2D eigenvalue weighted by Gasteiger charge is 2.30. The van der Waals surface area contributed by atoms with Crippen molar-refractivity contribution < 1.29 is 54.1 Å². The molecule has 2 unspecified atom stereocenters. The Labute approximate surface area is 333 Å². The van der Waals surface area contributed by atoms with Crippen LogP contribution in [0.2, 0.25) is 0 Å². The quantitative estimate of drug-likeness (QED) is 0.0262. The largest absolute Gasteiger partial charge is 1.00 e. The van der Waals surface area contributed by atoms with Crippen LogP contribution in [0.3, 0.4) is 0 Å². The first kappa shape index (κ1) is 54.4. The molecule has 0 aliphatic rings. The minimum Gasteiger partial charge on any atom is -1.00 e. The maximum Gasteiger partial charge on any atom is 0.475 e. The molecule has 0 heterocycles. The monoisotopic (exact) mass is 798 g/mol. The molecule has 0 radical (unpaired) electrons. The van der Waals surface area contributed by atoms with Gasteiger partial charge in [-0.15, -0.1) is 0 Å². The Balaban J connectivity index is 0. The lowest BCUT2D eigenvalue weighted by molar-refractivity contribution is -0.870. The fraction of sp³-hybridized carbons (Fsp3) is 0.952. The van der Waals surface area contributed by atoms with Gasteiger partial charge in [0.05, 0.1) is 34.4 Å². The Bertz CT molecular complexity index is 873. The molecule has 11 heteroatoms. The fourth-order valence-electron chi connectivity index (χ4n) is 6.06. The molecule has 0 saturated carbocycles. The Morgan fingerprint density at radius 1 is 0.509 bits per heavy atom. The SMILES string of the molecule is CCCCCCCCCCCCCCCC(=O)OCC(COP(=O)(OCC)OCC[N+](C)(C)C)OC(=O)CCCCCCCCCCCCCCC.[Cl-]. The number of ether oxygens (including phenoxy) is 2. The van der Waals surface area contributed by atoms with E-state index in [4.69, 9.17) is 23.0 Å². The Morgan fingerprint density at radius 2 is 0.887 bits per heavy atom. The fourth-order valence-corrected chi connectivity index (χ4v) is 7.26. The maximum absolute atomic E-state index is 13.3. The number of halogens is 1. The number of nitrogens with zero attached hydrogens (tertiary/aromatic N) is 1. The minimum atomic E-state index is -3.89. The number of phosphoric acid groups is 1. The van der Waals surface area contributed by atoms with E-state index in [1.165, 1.54) is 128 Å². The lowest BCUT2D eigenvalue weighted by Gasteiger charge is -2.25. The summed E-state index contributed by atoms with van der Waals surface area (Å²) in [6.45, 7) is 6.74. The van der Waals surface area contributed by atoms with Crippen molar-refractivity contribution in [3.8, 4) is 0 Å². The molecule has 318 valence electrons. The number of phosphoric ester groups is 1. The smallest absolute Gasteiger partial charge is 0.475 e. The molecule has 0 aromatic heterocycles. The number of rotatable bonds is 40. The third-order valence-electron chi connectivity index (χ3n) is 9.41. The summed E-state index contributed by atoms with van der Waals surface area (Å²) >= 11 is 0. The van der Waals surface area contributed by atoms with Crippen molar-refractivity contribution in [1.29, 1.82) is 0 Å². The average molecular weight is 799 g/mol. The first-order valence-electron chi connectivity index (χ1n) is 21.7. The van der Waals surface area contributed by atoms with Gasteiger partial charge in [0.15, 0.2) is 6.10 Å². The molecule has 0 aliphatic carbocycles. The van der Waals surface area contributed by atoms with Gasteiger partial charge in [0.1, 0.15) is 19.8 Å². The molecule has 0 rings (SSSR count). The summed E-state index contributed by atoms with van der Waals surface area (Å²) in [5, 5.41) is 0. The van der Waals surface area contributed by atoms with E-state index in [0.29, 0.717) is 17.4 Å². The van der Waals surface area contributed by atoms with E-state index < -0.39 is 13.9 Å². The lowest BCUT2D eigenvalue weighted by Crippen LogP contribution is -3.00. The van der Waals surface area contributed by atoms with Crippen LogP contribution >= 0.6 is 7.82 Å². The van der Waals surface area contributed by atoms with Crippen LogP contribution in [0.5, 0.6) is 0 Å². The van der Waals surface area contributed by atoms with Crippen molar-refractivity contribution in [2.24, 2.45) is 0 Å². The Kier molecular flexibility index (Phi) is 39.2. The highest BCUT2D eigenvalue weighted by Crippen LogP contribution is 2.49. The second-order valence-electron chi connectivity index (χ2n) is 15.8. The molecule has 0 aromatic rings. The molecule has 0 saturated heterocycles. The Morgan fingerprint density at radius 3 is 1.26 bits per heavy atom. The molecule has 0 amide bonds. The van der Waals surface area contributed by atoms with Crippen molar-refractivity contribution in [2.75, 3.05) is 54.1 Å². The van der Waals surface area contributed by atoms with Crippen LogP contribution in [-0.4, -0.2) is 76.6 Å². The van der Waals surface area contributed by atoms with Crippen LogP contribution in [0.4, 0.5) is 0 Å². The second kappa shape index (κ2) is 38.2. The molecule has 0 bridgehead atoms. The highest BCUT2D eigenvalue weighted by molar-refractivity contribution is 7.48. The zero-order chi connectivity index (χ0) is 38.6. The van der Waals surface area contributed by atoms with Gasteiger partial charge >= 0.3 is 19.8 Å². The molecule has 0 spiro atoms. The van der Waals surface area contributed by atoms with Crippen molar-refractivity contribution in [3.05, 3.63) is 0 Å². The summed E-state index contributed by atoms with van der Waals surface area (Å²) in [6, 6.07) is 0. The van der Waals surface area contributed by atoms with Gasteiger partial charge in [0.25, 0.3) is 0 Å². The summed E-state index contributed by atoms with van der Waals surface area (Å²) in [4.78, 5) is 25.4. The lowest BCUT2D eigenvalue weighted by atomic mass is 10.0. The summed E-state index contributed by atoms with van der Waals surface area (Å²) in [6.07, 6.45) is 31.8. The summed E-state index contributed by atoms with van der Waals surface area (Å²) in [7, 11) is 2.14. The van der Waals surface area contributed by atoms with E-state index in [0.717, 1.165) is 38.5 Å². The first-order valence-corrected chi connectivity index (χ1v) is 23.2. The average Bonchev–Trinajstić information content (AvgIpc) is 3.09. The molecular weight excluding hydrogens is 713 g/mol. The van der Waals surface area contributed by atoms with Gasteiger partial charge in [-0.05, 0) is 19.8 Å². The molecule has 0 aliphatic heterocycles. The zero-order valence-corrected chi connectivity index (χ0v) is 37.1. The van der Waals surface area contributed by atoms with Crippen molar-refractivity contribution in [2.45, 2.75) is 207 Å². The summed E-state index contributed by atoms with van der Waals surface area (Å²) in [5.41, 5.74) is 0. The van der Waals surface area contributed by atoms with Gasteiger partial charge < -0.3 is 26.4 Å². The van der Waals surface area contributed by atoms with E-state index >= 15 is 0 Å². The molecule has 0 N–H and O–H groups in total. The van der Waals surface area contributed by atoms with Crippen LogP contribution in [-0.2, 0) is 37.2 Å². The molecule has 0 fully saturated rings. The normalized spacial score (nSPS) is 13.3. The van der Waals surface area contributed by atoms with Gasteiger partial charge in [-0.3, -0.25) is 23.2 Å². The van der Waals surface area contributed by atoms with Crippen LogP contribution in [0.15, 0.2) is 0 Å². The predicted molar refractivity (Wildman–Crippen MR) is 215 cm³/mol. The summed E-state index contributed by atoms with van der Waals surface area (Å²) < 4.78 is 41.6. The van der Waals surface area contributed by atoms with Gasteiger partial charge in [-0.1, -0.05) is 168 Å². The summed E-state index contributed by atoms with van der Waals surface area (Å²) in [5.74, 6) is -0.700. The number of hydrogen-bond acceptors (Lipinski definition) is 8. The molecule has 0 aromatic carbocycles. The van der Waals surface area contributed by atoms with Crippen molar-refractivity contribution in [3.63, 3.8) is 0 Å². The van der Waals surface area contributed by atoms with Crippen molar-refractivity contribution in [1.82, 2.24) is 0 Å². The number of carbonyl (C=O) groups is 2. The van der Waals surface area contributed by atoms with E-state index in [9.17, 15) is 14.2 Å². The minimum absolute atomic E-state index is 0. The van der Waals surface area contributed by atoms with Crippen LogP contribution in [0.25, 0.3) is 0 Å². The zero-order valence-electron chi connectivity index (χ0n) is 35.5. The number of likely N-dealkylation sites (N-methyl/N-ethyl adjacent to an activating group) is 1. The van der Waals surface area contributed by atoms with Gasteiger partial charge in [-0.25, -0.2) is 4.57 Å². The van der Waals surface area contributed by atoms with Crippen LogP contribution in [0, 0.1) is 0 Å². The number of hydrogen-bond donors (Lipinski definition) is 0. The Hall–Kier alpha value is -0.700.